The number of aromatic nitrogens is 2. The average Bonchev–Trinajstić information content (AvgIpc) is 4.21. The van der Waals surface area contributed by atoms with E-state index in [4.69, 9.17) is 9.47 Å². The Morgan fingerprint density at radius 3 is 1.59 bits per heavy atom. The van der Waals surface area contributed by atoms with Crippen LogP contribution in [0.25, 0.3) is 22.5 Å². The molecule has 0 unspecified atom stereocenters. The van der Waals surface area contributed by atoms with E-state index in [1.54, 1.807) is 55.6 Å². The second kappa shape index (κ2) is 16.4. The number of fused-ring (bicyclic) bond motifs is 1. The lowest BCUT2D eigenvalue weighted by molar-refractivity contribution is -0.119. The van der Waals surface area contributed by atoms with Crippen LogP contribution < -0.4 is 20.1 Å². The number of hydrogen-bond donors (Lipinski definition) is 4. The molecule has 4 N–H and O–H groups in total. The lowest BCUT2D eigenvalue weighted by Crippen LogP contribution is -2.28. The largest absolute Gasteiger partial charge is 0.497 e. The minimum Gasteiger partial charge on any atom is -0.497 e. The fourth-order valence-corrected chi connectivity index (χ4v) is 7.79. The Morgan fingerprint density at radius 1 is 0.623 bits per heavy atom. The van der Waals surface area contributed by atoms with Gasteiger partial charge in [-0.05, 0) is 122 Å². The molecule has 0 spiro atoms. The first-order chi connectivity index (χ1) is 29.4. The molecule has 0 radical (unpaired) electrons. The van der Waals surface area contributed by atoms with E-state index in [1.165, 1.54) is 0 Å². The van der Waals surface area contributed by atoms with Crippen LogP contribution in [0.15, 0.2) is 115 Å². The molecule has 2 aromatic heterocycles. The number of nitrogens with one attached hydrogen (secondary N) is 2. The number of nitrogens with zero attached hydrogens (tertiary/aromatic N) is 2. The highest BCUT2D eigenvalue weighted by Gasteiger charge is 2.52. The van der Waals surface area contributed by atoms with Gasteiger partial charge in [-0.1, -0.05) is 60.7 Å². The molecule has 3 heterocycles. The molecule has 12 heteroatoms. The summed E-state index contributed by atoms with van der Waals surface area (Å²) < 4.78 is 10.8. The molecule has 1 aliphatic heterocycles. The van der Waals surface area contributed by atoms with Gasteiger partial charge in [-0.2, -0.15) is 0 Å². The topological polar surface area (TPSA) is 177 Å². The number of carboxylic acid groups (broad SMARTS) is 2. The van der Waals surface area contributed by atoms with Gasteiger partial charge in [0.2, 0.25) is 11.8 Å². The highest BCUT2D eigenvalue weighted by atomic mass is 16.5. The SMILES string of the molecule is COc1ccc(C2(C(=O)Nc3ccc(C)c(-c4cccc(C(=O)O)c4)n3)CC2)cc1.Cc1ccc(NC(=O)C2(c3ccc4c(c3)CCO4)CC2)nc1-c1cccc(C(=O)O)c1. The van der Waals surface area contributed by atoms with E-state index in [-0.39, 0.29) is 22.9 Å². The van der Waals surface area contributed by atoms with E-state index in [1.807, 2.05) is 74.5 Å². The summed E-state index contributed by atoms with van der Waals surface area (Å²) in [5.41, 5.74) is 6.97. The van der Waals surface area contributed by atoms with Gasteiger partial charge in [0.15, 0.2) is 0 Å². The number of hydrogen-bond acceptors (Lipinski definition) is 8. The fraction of sp³-hybridized carbons (Fsp3) is 0.224. The number of benzene rings is 4. The number of anilines is 2. The van der Waals surface area contributed by atoms with Gasteiger partial charge in [0, 0.05) is 17.5 Å². The number of aryl methyl sites for hydroxylation is 2. The van der Waals surface area contributed by atoms with E-state index in [0.717, 1.165) is 71.4 Å². The van der Waals surface area contributed by atoms with Crippen LogP contribution in [0.4, 0.5) is 11.6 Å². The quantitative estimate of drug-likeness (QED) is 0.0989. The Bertz CT molecular complexity index is 2700. The Balaban J connectivity index is 0.000000169. The molecule has 9 rings (SSSR count). The maximum absolute atomic E-state index is 13.2. The number of methoxy groups -OCH3 is 1. The van der Waals surface area contributed by atoms with Gasteiger partial charge >= 0.3 is 11.9 Å². The number of carbonyl (C=O) groups excluding carboxylic acids is 2. The molecule has 12 nitrogen and oxygen atoms in total. The maximum atomic E-state index is 13.2. The van der Waals surface area contributed by atoms with E-state index < -0.39 is 22.8 Å². The van der Waals surface area contributed by atoms with Crippen LogP contribution >= 0.6 is 0 Å². The van der Waals surface area contributed by atoms with E-state index >= 15 is 0 Å². The number of carboxylic acids is 2. The summed E-state index contributed by atoms with van der Waals surface area (Å²) in [6, 6.07) is 34.2. The van der Waals surface area contributed by atoms with Gasteiger partial charge in [-0.25, -0.2) is 19.6 Å². The van der Waals surface area contributed by atoms with Crippen LogP contribution in [-0.4, -0.2) is 57.7 Å². The zero-order valence-corrected chi connectivity index (χ0v) is 34.0. The number of amides is 2. The molecule has 0 atom stereocenters. The van der Waals surface area contributed by atoms with E-state index in [0.29, 0.717) is 40.8 Å². The highest BCUT2D eigenvalue weighted by Crippen LogP contribution is 2.51. The van der Waals surface area contributed by atoms with E-state index in [9.17, 15) is 29.4 Å². The first-order valence-electron chi connectivity index (χ1n) is 20.1. The molecule has 0 saturated heterocycles. The van der Waals surface area contributed by atoms with Crippen molar-refractivity contribution in [2.75, 3.05) is 24.4 Å². The molecule has 2 saturated carbocycles. The number of aromatic carboxylic acids is 2. The van der Waals surface area contributed by atoms with Crippen LogP contribution in [0.2, 0.25) is 0 Å². The predicted molar refractivity (Wildman–Crippen MR) is 230 cm³/mol. The Morgan fingerprint density at radius 2 is 1.11 bits per heavy atom. The summed E-state index contributed by atoms with van der Waals surface area (Å²) in [5, 5.41) is 24.5. The predicted octanol–water partition coefficient (Wildman–Crippen LogP) is 8.79. The van der Waals surface area contributed by atoms with Crippen LogP contribution in [0.1, 0.15) is 74.2 Å². The zero-order valence-electron chi connectivity index (χ0n) is 34.0. The smallest absolute Gasteiger partial charge is 0.335 e. The molecule has 6 aromatic rings. The Labute approximate surface area is 352 Å². The van der Waals surface area contributed by atoms with Gasteiger partial charge in [-0.15, -0.1) is 0 Å². The van der Waals surface area contributed by atoms with Gasteiger partial charge < -0.3 is 30.3 Å². The molecule has 2 aliphatic carbocycles. The van der Waals surface area contributed by atoms with E-state index in [2.05, 4.69) is 26.7 Å². The van der Waals surface area contributed by atoms with Crippen molar-refractivity contribution in [1.82, 2.24) is 9.97 Å². The van der Waals surface area contributed by atoms with Crippen molar-refractivity contribution in [3.05, 3.63) is 154 Å². The summed E-state index contributed by atoms with van der Waals surface area (Å²) in [5.74, 6) is 0.440. The molecule has 61 heavy (non-hydrogen) atoms. The van der Waals surface area contributed by atoms with Gasteiger partial charge in [0.05, 0.1) is 47.1 Å². The third-order valence-corrected chi connectivity index (χ3v) is 11.7. The van der Waals surface area contributed by atoms with Crippen molar-refractivity contribution in [3.63, 3.8) is 0 Å². The first kappa shape index (κ1) is 40.4. The number of carbonyl (C=O) groups is 4. The summed E-state index contributed by atoms with van der Waals surface area (Å²) in [6.45, 7) is 4.51. The second-order valence-electron chi connectivity index (χ2n) is 15.7. The fourth-order valence-electron chi connectivity index (χ4n) is 7.79. The summed E-state index contributed by atoms with van der Waals surface area (Å²) in [4.78, 5) is 58.1. The summed E-state index contributed by atoms with van der Waals surface area (Å²) >= 11 is 0. The third-order valence-electron chi connectivity index (χ3n) is 11.7. The molecular formula is C49H44N4O8. The molecule has 308 valence electrons. The number of rotatable bonds is 11. The van der Waals surface area contributed by atoms with Gasteiger partial charge in [0.1, 0.15) is 23.1 Å². The van der Waals surface area contributed by atoms with Crippen LogP contribution in [0, 0.1) is 13.8 Å². The molecule has 0 bridgehead atoms. The van der Waals surface area contributed by atoms with Crippen LogP contribution in [-0.2, 0) is 26.8 Å². The molecular weight excluding hydrogens is 773 g/mol. The monoisotopic (exact) mass is 816 g/mol. The van der Waals surface area contributed by atoms with Crippen LogP contribution in [0.3, 0.4) is 0 Å². The minimum atomic E-state index is -0.992. The van der Waals surface area contributed by atoms with Crippen LogP contribution in [0.5, 0.6) is 11.5 Å². The first-order valence-corrected chi connectivity index (χ1v) is 20.1. The highest BCUT2D eigenvalue weighted by molar-refractivity contribution is 6.02. The molecule has 3 aliphatic rings. The van der Waals surface area contributed by atoms with Crippen molar-refractivity contribution in [2.45, 2.75) is 56.8 Å². The average molecular weight is 817 g/mol. The Hall–Kier alpha value is -7.34. The standard InChI is InChI=1S/C25H22N2O4.C24H22N2O4/c1-15-5-8-21(26-22(15)17-3-2-4-18(13-17)23(28)29)27-24(30)25(10-11-25)19-6-7-20-16(14-19)9-12-31-20;1-15-6-11-20(25-21(15)16-4-3-5-17(14-16)22(27)28)26-23(29)24(12-13-24)18-7-9-19(30-2)10-8-18/h2-8,13-14H,9-12H2,1H3,(H,28,29)(H,26,27,30);3-11,14H,12-13H2,1-2H3,(H,27,28)(H,25,26,29). The lowest BCUT2D eigenvalue weighted by Gasteiger charge is -2.17. The number of pyridine rings is 2. The normalized spacial score (nSPS) is 14.9. The van der Waals surface area contributed by atoms with Crippen molar-refractivity contribution in [3.8, 4) is 34.0 Å². The lowest BCUT2D eigenvalue weighted by atomic mass is 9.92. The van der Waals surface area contributed by atoms with Crippen molar-refractivity contribution in [1.29, 1.82) is 0 Å². The zero-order chi connectivity index (χ0) is 42.9. The van der Waals surface area contributed by atoms with Gasteiger partial charge in [-0.3, -0.25) is 9.59 Å². The maximum Gasteiger partial charge on any atom is 0.335 e. The molecule has 2 amide bonds. The van der Waals surface area contributed by atoms with Crippen molar-refractivity contribution >= 4 is 35.4 Å². The van der Waals surface area contributed by atoms with Gasteiger partial charge in [0.25, 0.3) is 0 Å². The van der Waals surface area contributed by atoms with Crippen molar-refractivity contribution < 1.29 is 38.9 Å². The van der Waals surface area contributed by atoms with Crippen molar-refractivity contribution in [2.24, 2.45) is 0 Å². The molecule has 2 fully saturated rings. The molecule has 4 aromatic carbocycles. The summed E-state index contributed by atoms with van der Waals surface area (Å²) in [7, 11) is 1.61. The minimum absolute atomic E-state index is 0.0621. The number of ether oxygens (including phenoxy) is 2. The third kappa shape index (κ3) is 8.29. The second-order valence-corrected chi connectivity index (χ2v) is 15.7. The summed E-state index contributed by atoms with van der Waals surface area (Å²) in [6.07, 6.45) is 4.05. The Kier molecular flexibility index (Phi) is 10.9.